The summed E-state index contributed by atoms with van der Waals surface area (Å²) in [7, 11) is 0. The van der Waals surface area contributed by atoms with Gasteiger partial charge in [-0.25, -0.2) is 4.79 Å². The Hall–Kier alpha value is -2.30. The van der Waals surface area contributed by atoms with E-state index in [9.17, 15) is 14.7 Å². The average Bonchev–Trinajstić information content (AvgIpc) is 2.26. The van der Waals surface area contributed by atoms with Crippen LogP contribution in [0.1, 0.15) is 12.0 Å². The van der Waals surface area contributed by atoms with Crippen molar-refractivity contribution in [1.82, 2.24) is 0 Å². The number of carbonyl (C=O) groups is 2. The van der Waals surface area contributed by atoms with E-state index in [0.717, 1.165) is 0 Å². The smallest absolute Gasteiger partial charge is 0.335 e. The topological polar surface area (TPSA) is 94.8 Å². The van der Waals surface area contributed by atoms with Crippen LogP contribution in [0.5, 0.6) is 0 Å². The van der Waals surface area contributed by atoms with Crippen LogP contribution in [-0.2, 0) is 16.0 Å². The number of aliphatic hydroxyl groups is 1. The lowest BCUT2D eigenvalue weighted by Gasteiger charge is -2.05. The lowest BCUT2D eigenvalue weighted by Crippen LogP contribution is -2.11. The molecule has 0 bridgehead atoms. The van der Waals surface area contributed by atoms with Gasteiger partial charge in [0.05, 0.1) is 12.0 Å². The molecule has 0 fully saturated rings. The second-order valence-electron chi connectivity index (χ2n) is 3.46. The maximum atomic E-state index is 10.8. The maximum Gasteiger partial charge on any atom is 0.335 e. The van der Waals surface area contributed by atoms with Gasteiger partial charge in [-0.15, -0.1) is 0 Å². The summed E-state index contributed by atoms with van der Waals surface area (Å²) in [6.07, 6.45) is -0.691. The molecule has 0 saturated heterocycles. The highest BCUT2D eigenvalue weighted by Crippen LogP contribution is 2.13. The molecule has 0 spiro atoms. The summed E-state index contributed by atoms with van der Waals surface area (Å²) in [4.78, 5) is 21.2. The minimum Gasteiger partial charge on any atom is -0.511 e. The Morgan fingerprint density at radius 1 is 1.00 bits per heavy atom. The summed E-state index contributed by atoms with van der Waals surface area (Å²) in [5.41, 5.74) is 0.232. The Morgan fingerprint density at radius 2 is 1.59 bits per heavy atom. The lowest BCUT2D eigenvalue weighted by atomic mass is 10.1. The second-order valence-corrected chi connectivity index (χ2v) is 3.46. The molecule has 0 aliphatic rings. The van der Waals surface area contributed by atoms with Crippen molar-refractivity contribution in [2.75, 3.05) is 0 Å². The highest BCUT2D eigenvalue weighted by molar-refractivity contribution is 5.92. The zero-order valence-electron chi connectivity index (χ0n) is 8.96. The van der Waals surface area contributed by atoms with E-state index in [1.54, 1.807) is 30.3 Å². The van der Waals surface area contributed by atoms with E-state index >= 15 is 0 Å². The Balaban J connectivity index is 2.92. The largest absolute Gasteiger partial charge is 0.511 e. The van der Waals surface area contributed by atoms with Crippen molar-refractivity contribution in [3.8, 4) is 0 Å². The Kier molecular flexibility index (Phi) is 4.28. The third-order valence-electron chi connectivity index (χ3n) is 2.15. The van der Waals surface area contributed by atoms with E-state index in [1.807, 2.05) is 0 Å². The number of carboxylic acids is 2. The number of hydrogen-bond donors (Lipinski definition) is 3. The first-order chi connectivity index (χ1) is 8.00. The fraction of sp³-hybridized carbons (Fsp3) is 0.167. The van der Waals surface area contributed by atoms with Gasteiger partial charge in [-0.1, -0.05) is 30.3 Å². The van der Waals surface area contributed by atoms with Gasteiger partial charge in [-0.2, -0.15) is 0 Å². The fourth-order valence-electron chi connectivity index (χ4n) is 1.35. The SMILES string of the molecule is O=C(O)CC(C(=O)O)=C(O)Cc1ccccc1. The molecule has 0 amide bonds. The Bertz CT molecular complexity index is 447. The standard InChI is InChI=1S/C12H12O5/c13-10(6-8-4-2-1-3-5-8)9(12(16)17)7-11(14)15/h1-5,13H,6-7H2,(H,14,15)(H,16,17). The first kappa shape index (κ1) is 12.8. The van der Waals surface area contributed by atoms with Gasteiger partial charge >= 0.3 is 11.9 Å². The maximum absolute atomic E-state index is 10.8. The van der Waals surface area contributed by atoms with Gasteiger partial charge in [0.25, 0.3) is 0 Å². The minimum absolute atomic E-state index is 0.00968. The molecule has 90 valence electrons. The van der Waals surface area contributed by atoms with Crippen LogP contribution in [0.2, 0.25) is 0 Å². The molecular formula is C12H12O5. The van der Waals surface area contributed by atoms with Crippen LogP contribution in [0, 0.1) is 0 Å². The molecule has 0 radical (unpaired) electrons. The second kappa shape index (κ2) is 5.69. The Morgan fingerprint density at radius 3 is 2.06 bits per heavy atom. The van der Waals surface area contributed by atoms with Gasteiger partial charge < -0.3 is 15.3 Å². The lowest BCUT2D eigenvalue weighted by molar-refractivity contribution is -0.139. The van der Waals surface area contributed by atoms with Crippen LogP contribution < -0.4 is 0 Å². The van der Waals surface area contributed by atoms with Crippen LogP contribution in [0.15, 0.2) is 41.7 Å². The molecule has 1 rings (SSSR count). The summed E-state index contributed by atoms with van der Waals surface area (Å²) < 4.78 is 0. The van der Waals surface area contributed by atoms with Crippen LogP contribution in [0.3, 0.4) is 0 Å². The van der Waals surface area contributed by atoms with Crippen LogP contribution in [0.4, 0.5) is 0 Å². The highest BCUT2D eigenvalue weighted by Gasteiger charge is 2.17. The van der Waals surface area contributed by atoms with E-state index in [1.165, 1.54) is 0 Å². The van der Waals surface area contributed by atoms with Gasteiger partial charge in [0.15, 0.2) is 0 Å². The third kappa shape index (κ3) is 3.98. The van der Waals surface area contributed by atoms with Crippen molar-refractivity contribution in [3.05, 3.63) is 47.2 Å². The number of hydrogen-bond acceptors (Lipinski definition) is 3. The Labute approximate surface area is 97.6 Å². The number of aliphatic carboxylic acids is 2. The molecule has 0 aliphatic heterocycles. The van der Waals surface area contributed by atoms with Crippen molar-refractivity contribution in [2.45, 2.75) is 12.8 Å². The number of aliphatic hydroxyl groups excluding tert-OH is 1. The molecule has 0 atom stereocenters. The predicted octanol–water partition coefficient (Wildman–Crippen LogP) is 1.60. The minimum atomic E-state index is -1.42. The summed E-state index contributed by atoms with van der Waals surface area (Å²) in [6.45, 7) is 0. The van der Waals surface area contributed by atoms with Crippen molar-refractivity contribution < 1.29 is 24.9 Å². The normalized spacial score (nSPS) is 11.8. The zero-order valence-corrected chi connectivity index (χ0v) is 8.96. The molecule has 0 aliphatic carbocycles. The summed E-state index contributed by atoms with van der Waals surface area (Å²) >= 11 is 0. The molecule has 5 heteroatoms. The van der Waals surface area contributed by atoms with Crippen LogP contribution >= 0.6 is 0 Å². The molecule has 0 saturated carbocycles. The first-order valence-corrected chi connectivity index (χ1v) is 4.90. The van der Waals surface area contributed by atoms with Crippen molar-refractivity contribution in [2.24, 2.45) is 0 Å². The summed E-state index contributed by atoms with van der Waals surface area (Å²) in [5, 5.41) is 26.9. The van der Waals surface area contributed by atoms with Crippen LogP contribution in [0.25, 0.3) is 0 Å². The van der Waals surface area contributed by atoms with E-state index < -0.39 is 29.7 Å². The van der Waals surface area contributed by atoms with Gasteiger partial charge in [0, 0.05) is 6.42 Å². The first-order valence-electron chi connectivity index (χ1n) is 4.90. The van der Waals surface area contributed by atoms with Gasteiger partial charge in [-0.3, -0.25) is 4.79 Å². The number of benzene rings is 1. The molecule has 0 aromatic heterocycles. The molecule has 3 N–H and O–H groups in total. The fourth-order valence-corrected chi connectivity index (χ4v) is 1.35. The summed E-state index contributed by atoms with van der Waals surface area (Å²) in [6, 6.07) is 8.73. The van der Waals surface area contributed by atoms with Gasteiger partial charge in [-0.05, 0) is 5.56 Å². The zero-order chi connectivity index (χ0) is 12.8. The van der Waals surface area contributed by atoms with Crippen molar-refractivity contribution >= 4 is 11.9 Å². The molecule has 0 unspecified atom stereocenters. The highest BCUT2D eigenvalue weighted by atomic mass is 16.4. The van der Waals surface area contributed by atoms with Gasteiger partial charge in [0.2, 0.25) is 0 Å². The number of carboxylic acid groups (broad SMARTS) is 2. The quantitative estimate of drug-likeness (QED) is 0.533. The average molecular weight is 236 g/mol. The van der Waals surface area contributed by atoms with E-state index in [0.29, 0.717) is 5.56 Å². The molecule has 5 nitrogen and oxygen atoms in total. The molecule has 1 aromatic carbocycles. The monoisotopic (exact) mass is 236 g/mol. The third-order valence-corrected chi connectivity index (χ3v) is 2.15. The van der Waals surface area contributed by atoms with Crippen molar-refractivity contribution in [1.29, 1.82) is 0 Å². The molecule has 1 aromatic rings. The molecular weight excluding hydrogens is 224 g/mol. The van der Waals surface area contributed by atoms with Crippen molar-refractivity contribution in [3.63, 3.8) is 0 Å². The van der Waals surface area contributed by atoms with Gasteiger partial charge in [0.1, 0.15) is 5.76 Å². The predicted molar refractivity (Wildman–Crippen MR) is 59.7 cm³/mol. The van der Waals surface area contributed by atoms with E-state index in [4.69, 9.17) is 10.2 Å². The number of rotatable bonds is 5. The van der Waals surface area contributed by atoms with Crippen LogP contribution in [-0.4, -0.2) is 27.3 Å². The van der Waals surface area contributed by atoms with E-state index in [2.05, 4.69) is 0 Å². The number of allylic oxidation sites excluding steroid dienone is 1. The molecule has 0 heterocycles. The van der Waals surface area contributed by atoms with E-state index in [-0.39, 0.29) is 6.42 Å². The molecule has 17 heavy (non-hydrogen) atoms. The summed E-state index contributed by atoms with van der Waals surface area (Å²) in [5.74, 6) is -3.13.